The number of carboxylic acid groups (broad SMARTS) is 1. The number of hydrogen-bond donors (Lipinski definition) is 4. The first kappa shape index (κ1) is 68.4. The highest BCUT2D eigenvalue weighted by Gasteiger charge is 2.14. The van der Waals surface area contributed by atoms with E-state index in [1.54, 1.807) is 20.2 Å². The first-order valence-electron chi connectivity index (χ1n) is 23.8. The lowest BCUT2D eigenvalue weighted by Gasteiger charge is -2.30. The highest BCUT2D eigenvalue weighted by atomic mass is 16.6. The average molecular weight is 846 g/mol. The summed E-state index contributed by atoms with van der Waals surface area (Å²) in [5.41, 5.74) is 4.50. The fourth-order valence-electron chi connectivity index (χ4n) is 5.55. The van der Waals surface area contributed by atoms with Gasteiger partial charge in [-0.05, 0) is 124 Å². The Morgan fingerprint density at radius 1 is 0.712 bits per heavy atom. The van der Waals surface area contributed by atoms with Crippen LogP contribution >= 0.6 is 0 Å². The van der Waals surface area contributed by atoms with Gasteiger partial charge < -0.3 is 40.8 Å². The summed E-state index contributed by atoms with van der Waals surface area (Å²) >= 11 is 0. The van der Waals surface area contributed by atoms with Crippen LogP contribution < -0.4 is 16.4 Å². The normalized spacial score (nSPS) is 13.4. The van der Waals surface area contributed by atoms with Crippen LogP contribution in [0.1, 0.15) is 217 Å². The first-order valence-corrected chi connectivity index (χ1v) is 23.8. The molecule has 59 heavy (non-hydrogen) atoms. The molecule has 0 aromatic heterocycles. The number of carbonyl (C=O) groups excluding carboxylic acids is 3. The van der Waals surface area contributed by atoms with Gasteiger partial charge in [-0.25, -0.2) is 0 Å². The Labute approximate surface area is 367 Å². The smallest absolute Gasteiger partial charge is 0.300 e. The molecule has 1 amide bonds. The zero-order valence-electron chi connectivity index (χ0n) is 41.3. The standard InChI is InChI=1S/C13H27N.C9H18O.C8H17NO.C7H15NO.C6H13N.C2H4O2.C2H4O.CH5N/c1-3-4-5-6-7-10-14-11-8-13(2)9-12-14;1-3-4-5-6-7-8-9(2)10;1-3-4-5-6-7-8(10)9-2;1-3-5-6-7-9-8-4-2;1-6-2-4-7-5-3-6;1-2(3)4;1-2-3;1-2/h13H,3-12H2,1-2H3;3-8H2,1-2H3;3-7H2,1-2H3,(H,9,10);4H,3,5-7H2,1-2H3;6-7H,2-5H2,1H3;1H3,(H,3,4);2H,1H3;2H2,1H3/b;;;8-4+;;;;. The van der Waals surface area contributed by atoms with Crippen LogP contribution in [0.2, 0.25) is 0 Å². The number of carbonyl (C=O) groups is 4. The van der Waals surface area contributed by atoms with E-state index in [2.05, 4.69) is 68.0 Å². The molecule has 0 aromatic carbocycles. The number of unbranched alkanes of at least 4 members (excludes halogenated alkanes) is 13. The number of aliphatic carboxylic acids is 1. The molecule has 0 unspecified atom stereocenters. The highest BCUT2D eigenvalue weighted by Crippen LogP contribution is 2.16. The predicted molar refractivity (Wildman–Crippen MR) is 257 cm³/mol. The van der Waals surface area contributed by atoms with Crippen LogP contribution in [0, 0.1) is 11.8 Å². The number of rotatable bonds is 22. The maximum Gasteiger partial charge on any atom is 0.300 e. The van der Waals surface area contributed by atoms with E-state index in [1.807, 2.05) is 6.92 Å². The van der Waals surface area contributed by atoms with Crippen LogP contribution in [-0.2, 0) is 24.0 Å². The molecule has 11 heteroatoms. The summed E-state index contributed by atoms with van der Waals surface area (Å²) in [4.78, 5) is 46.5. The number of nitrogens with one attached hydrogen (secondary N) is 2. The Balaban J connectivity index is -0.000000143. The molecule has 2 saturated heterocycles. The van der Waals surface area contributed by atoms with Gasteiger partial charge in [0.15, 0.2) is 0 Å². The minimum atomic E-state index is -0.833. The Kier molecular flexibility index (Phi) is 75.1. The molecule has 5 N–H and O–H groups in total. The summed E-state index contributed by atoms with van der Waals surface area (Å²) in [7, 11) is 3.18. The molecule has 2 rings (SSSR count). The van der Waals surface area contributed by atoms with E-state index in [0.717, 1.165) is 57.3 Å². The van der Waals surface area contributed by atoms with E-state index in [9.17, 15) is 9.59 Å². The number of amides is 1. The topological polar surface area (TPSA) is 163 Å². The number of ketones is 1. The number of Topliss-reactive ketones (excluding diaryl/α,β-unsaturated/α-hetero) is 1. The lowest BCUT2D eigenvalue weighted by atomic mass is 9.99. The Morgan fingerprint density at radius 3 is 1.49 bits per heavy atom. The van der Waals surface area contributed by atoms with E-state index in [1.165, 1.54) is 162 Å². The molecule has 2 aliphatic rings. The third kappa shape index (κ3) is 84.1. The number of piperidine rings is 2. The SMILES string of the molecule is C/C=N/OCCCCC.CC(=O)O.CC1CCNCC1.CC=O.CCCCCCC(=O)NC.CCCCCCCC(C)=O.CCCCCCCN1CCC(C)CC1.CN. The van der Waals surface area contributed by atoms with Crippen LogP contribution in [0.15, 0.2) is 5.16 Å². The maximum absolute atomic E-state index is 10.7. The van der Waals surface area contributed by atoms with Gasteiger partial charge in [0.1, 0.15) is 18.7 Å². The van der Waals surface area contributed by atoms with Crippen LogP contribution in [0.3, 0.4) is 0 Å². The number of nitrogens with two attached hydrogens (primary N) is 1. The molecule has 356 valence electrons. The molecule has 0 radical (unpaired) electrons. The molecule has 0 aromatic rings. The summed E-state index contributed by atoms with van der Waals surface area (Å²) in [6, 6.07) is 0. The largest absolute Gasteiger partial charge is 0.481 e. The monoisotopic (exact) mass is 846 g/mol. The first-order chi connectivity index (χ1) is 28.4. The zero-order chi connectivity index (χ0) is 46.2. The predicted octanol–water partition coefficient (Wildman–Crippen LogP) is 11.4. The molecule has 0 saturated carbocycles. The second kappa shape index (κ2) is 64.8. The lowest BCUT2D eigenvalue weighted by Crippen LogP contribution is -2.33. The Morgan fingerprint density at radius 2 is 1.10 bits per heavy atom. The number of oxime groups is 1. The van der Waals surface area contributed by atoms with Crippen LogP contribution in [0.4, 0.5) is 0 Å². The summed E-state index contributed by atoms with van der Waals surface area (Å²) in [5, 5.41) is 17.0. The zero-order valence-corrected chi connectivity index (χ0v) is 41.3. The third-order valence-corrected chi connectivity index (χ3v) is 9.27. The molecule has 0 bridgehead atoms. The Hall–Kier alpha value is -2.37. The second-order valence-electron chi connectivity index (χ2n) is 15.4. The van der Waals surface area contributed by atoms with Gasteiger partial charge in [-0.2, -0.15) is 0 Å². The van der Waals surface area contributed by atoms with Crippen LogP contribution in [0.25, 0.3) is 0 Å². The van der Waals surface area contributed by atoms with Crippen molar-refractivity contribution in [3.8, 4) is 0 Å². The second-order valence-corrected chi connectivity index (χ2v) is 15.4. The summed E-state index contributed by atoms with van der Waals surface area (Å²) in [6.45, 7) is 26.9. The lowest BCUT2D eigenvalue weighted by molar-refractivity contribution is -0.134. The molecule has 0 atom stereocenters. The van der Waals surface area contributed by atoms with Crippen molar-refractivity contribution in [1.82, 2.24) is 15.5 Å². The molecule has 2 aliphatic heterocycles. The highest BCUT2D eigenvalue weighted by molar-refractivity contribution is 5.75. The van der Waals surface area contributed by atoms with Gasteiger partial charge in [0, 0.05) is 33.0 Å². The van der Waals surface area contributed by atoms with Crippen LogP contribution in [-0.4, -0.2) is 93.6 Å². The minimum absolute atomic E-state index is 0.163. The molecule has 2 fully saturated rings. The summed E-state index contributed by atoms with van der Waals surface area (Å²) in [5.74, 6) is 1.61. The third-order valence-electron chi connectivity index (χ3n) is 9.27. The number of aldehydes is 1. The van der Waals surface area contributed by atoms with Crippen molar-refractivity contribution in [3.05, 3.63) is 0 Å². The quantitative estimate of drug-likeness (QED) is 0.0359. The van der Waals surface area contributed by atoms with Crippen LogP contribution in [0.5, 0.6) is 0 Å². The average Bonchev–Trinajstić information content (AvgIpc) is 3.22. The van der Waals surface area contributed by atoms with Crippen molar-refractivity contribution in [2.45, 2.75) is 217 Å². The number of nitrogens with zero attached hydrogens (tertiary/aromatic N) is 2. The van der Waals surface area contributed by atoms with Crippen molar-refractivity contribution < 1.29 is 29.1 Å². The molecule has 11 nitrogen and oxygen atoms in total. The number of hydrogen-bond acceptors (Lipinski definition) is 9. The number of likely N-dealkylation sites (tertiary alicyclic amines) is 1. The van der Waals surface area contributed by atoms with Gasteiger partial charge >= 0.3 is 0 Å². The van der Waals surface area contributed by atoms with Gasteiger partial charge in [-0.1, -0.05) is 130 Å². The van der Waals surface area contributed by atoms with Crippen molar-refractivity contribution >= 4 is 30.2 Å². The van der Waals surface area contributed by atoms with Gasteiger partial charge in [0.05, 0.1) is 0 Å². The van der Waals surface area contributed by atoms with Crippen molar-refractivity contribution in [3.63, 3.8) is 0 Å². The summed E-state index contributed by atoms with van der Waals surface area (Å²) in [6.07, 6.45) is 31.1. The molecule has 2 heterocycles. The van der Waals surface area contributed by atoms with E-state index < -0.39 is 5.97 Å². The van der Waals surface area contributed by atoms with E-state index in [4.69, 9.17) is 19.5 Å². The van der Waals surface area contributed by atoms with Gasteiger partial charge in [0.25, 0.3) is 5.97 Å². The maximum atomic E-state index is 10.7. The van der Waals surface area contributed by atoms with Crippen molar-refractivity contribution in [2.75, 3.05) is 53.4 Å². The van der Waals surface area contributed by atoms with E-state index in [0.29, 0.717) is 12.2 Å². The van der Waals surface area contributed by atoms with Gasteiger partial charge in [-0.3, -0.25) is 9.59 Å². The molecular weight excluding hydrogens is 743 g/mol. The molecular formula is C48H103N5O6. The minimum Gasteiger partial charge on any atom is -0.481 e. The fourth-order valence-corrected chi connectivity index (χ4v) is 5.55. The van der Waals surface area contributed by atoms with E-state index >= 15 is 0 Å². The van der Waals surface area contributed by atoms with Crippen molar-refractivity contribution in [1.29, 1.82) is 0 Å². The van der Waals surface area contributed by atoms with E-state index in [-0.39, 0.29) is 5.91 Å². The number of carboxylic acids is 1. The fraction of sp³-hybridized carbons (Fsp3) is 0.896. The van der Waals surface area contributed by atoms with Gasteiger partial charge in [-0.15, -0.1) is 0 Å². The summed E-state index contributed by atoms with van der Waals surface area (Å²) < 4.78 is 0. The van der Waals surface area contributed by atoms with Crippen molar-refractivity contribution in [2.24, 2.45) is 22.7 Å². The Bertz CT molecular complexity index is 829. The molecule has 0 spiro atoms. The molecule has 0 aliphatic carbocycles. The van der Waals surface area contributed by atoms with Gasteiger partial charge in [0.2, 0.25) is 5.91 Å².